The van der Waals surface area contributed by atoms with Gasteiger partial charge >= 0.3 is 0 Å². The second-order valence-corrected chi connectivity index (χ2v) is 7.11. The first-order valence-corrected chi connectivity index (χ1v) is 9.13. The number of hydrogen-bond donors (Lipinski definition) is 1. The number of anilines is 1. The zero-order valence-electron chi connectivity index (χ0n) is 14.5. The van der Waals surface area contributed by atoms with E-state index in [2.05, 4.69) is 15.1 Å². The van der Waals surface area contributed by atoms with Gasteiger partial charge in [-0.15, -0.1) is 0 Å². The number of nitrogens with zero attached hydrogens (tertiary/aromatic N) is 3. The summed E-state index contributed by atoms with van der Waals surface area (Å²) in [7, 11) is 0. The standard InChI is InChI=1S/C20H14ClFN4O2/c21-15-9-12(4-5-16(15)22)26-10-11(8-18(26)27)19-24-20(28-25-19)14-2-1-3-17-13(14)6-7-23-17/h1-7,9,11,23H,8,10H2. The molecule has 1 fully saturated rings. The largest absolute Gasteiger partial charge is 0.361 e. The third-order valence-electron chi connectivity index (χ3n) is 4.97. The van der Waals surface area contributed by atoms with Gasteiger partial charge in [-0.05, 0) is 36.4 Å². The Morgan fingerprint density at radius 2 is 2.14 bits per heavy atom. The molecule has 6 nitrogen and oxygen atoms in total. The van der Waals surface area contributed by atoms with E-state index in [1.54, 1.807) is 4.90 Å². The van der Waals surface area contributed by atoms with Crippen LogP contribution in [0.3, 0.4) is 0 Å². The molecule has 2 aromatic carbocycles. The molecule has 140 valence electrons. The number of halogens is 2. The summed E-state index contributed by atoms with van der Waals surface area (Å²) in [6.45, 7) is 0.383. The van der Waals surface area contributed by atoms with Crippen LogP contribution >= 0.6 is 11.6 Å². The van der Waals surface area contributed by atoms with Crippen LogP contribution in [0.15, 0.2) is 53.2 Å². The summed E-state index contributed by atoms with van der Waals surface area (Å²) >= 11 is 5.85. The van der Waals surface area contributed by atoms with Crippen molar-refractivity contribution in [1.29, 1.82) is 0 Å². The Balaban J connectivity index is 1.43. The van der Waals surface area contributed by atoms with E-state index in [9.17, 15) is 9.18 Å². The molecular formula is C20H14ClFN4O2. The lowest BCUT2D eigenvalue weighted by molar-refractivity contribution is -0.117. The van der Waals surface area contributed by atoms with Crippen molar-refractivity contribution in [2.24, 2.45) is 0 Å². The summed E-state index contributed by atoms with van der Waals surface area (Å²) in [4.78, 5) is 21.7. The van der Waals surface area contributed by atoms with Gasteiger partial charge in [-0.2, -0.15) is 4.98 Å². The van der Waals surface area contributed by atoms with Crippen molar-refractivity contribution in [3.8, 4) is 11.5 Å². The Morgan fingerprint density at radius 1 is 1.25 bits per heavy atom. The number of rotatable bonds is 3. The van der Waals surface area contributed by atoms with Crippen LogP contribution in [0.4, 0.5) is 10.1 Å². The zero-order valence-corrected chi connectivity index (χ0v) is 15.3. The third-order valence-corrected chi connectivity index (χ3v) is 5.26. The molecule has 4 aromatic rings. The van der Waals surface area contributed by atoms with Crippen molar-refractivity contribution < 1.29 is 13.7 Å². The normalized spacial score (nSPS) is 17.0. The number of fused-ring (bicyclic) bond motifs is 1. The summed E-state index contributed by atoms with van der Waals surface area (Å²) < 4.78 is 18.9. The molecule has 0 aliphatic carbocycles. The van der Waals surface area contributed by atoms with E-state index in [1.165, 1.54) is 18.2 Å². The lowest BCUT2D eigenvalue weighted by Gasteiger charge is -2.16. The molecule has 1 unspecified atom stereocenters. The Bertz CT molecular complexity index is 1200. The van der Waals surface area contributed by atoms with Crippen LogP contribution in [-0.2, 0) is 4.79 Å². The summed E-state index contributed by atoms with van der Waals surface area (Å²) in [5.74, 6) is 0.0731. The van der Waals surface area contributed by atoms with E-state index < -0.39 is 5.82 Å². The number of benzene rings is 2. The maximum absolute atomic E-state index is 13.4. The topological polar surface area (TPSA) is 75.0 Å². The highest BCUT2D eigenvalue weighted by atomic mass is 35.5. The van der Waals surface area contributed by atoms with Crippen LogP contribution in [0, 0.1) is 5.82 Å². The highest BCUT2D eigenvalue weighted by Gasteiger charge is 2.35. The smallest absolute Gasteiger partial charge is 0.258 e. The van der Waals surface area contributed by atoms with E-state index in [1.807, 2.05) is 30.5 Å². The third kappa shape index (κ3) is 2.75. The van der Waals surface area contributed by atoms with Crippen molar-refractivity contribution in [3.63, 3.8) is 0 Å². The second kappa shape index (κ2) is 6.45. The van der Waals surface area contributed by atoms with Crippen LogP contribution in [0.25, 0.3) is 22.4 Å². The predicted octanol–water partition coefficient (Wildman–Crippen LogP) is 4.53. The van der Waals surface area contributed by atoms with E-state index in [4.69, 9.17) is 16.1 Å². The SMILES string of the molecule is O=C1CC(c2noc(-c3cccc4[nH]ccc34)n2)CN1c1ccc(F)c(Cl)c1. The molecule has 28 heavy (non-hydrogen) atoms. The molecule has 1 aliphatic heterocycles. The first-order chi connectivity index (χ1) is 13.6. The Labute approximate surface area is 163 Å². The molecule has 0 radical (unpaired) electrons. The minimum absolute atomic E-state index is 0.0183. The van der Waals surface area contributed by atoms with E-state index in [-0.39, 0.29) is 23.3 Å². The first-order valence-electron chi connectivity index (χ1n) is 8.75. The first kappa shape index (κ1) is 16.9. The van der Waals surface area contributed by atoms with Gasteiger partial charge in [0.2, 0.25) is 5.91 Å². The summed E-state index contributed by atoms with van der Waals surface area (Å²) in [5.41, 5.74) is 2.37. The number of nitrogens with one attached hydrogen (secondary N) is 1. The van der Waals surface area contributed by atoms with Gasteiger partial charge in [0.25, 0.3) is 5.89 Å². The summed E-state index contributed by atoms with van der Waals surface area (Å²) in [6.07, 6.45) is 2.11. The maximum Gasteiger partial charge on any atom is 0.258 e. The van der Waals surface area contributed by atoms with Crippen LogP contribution in [0.1, 0.15) is 18.2 Å². The van der Waals surface area contributed by atoms with E-state index in [0.717, 1.165) is 16.5 Å². The van der Waals surface area contributed by atoms with E-state index >= 15 is 0 Å². The number of aromatic nitrogens is 3. The Hall–Kier alpha value is -3.19. The molecule has 1 saturated heterocycles. The van der Waals surface area contributed by atoms with Gasteiger partial charge in [0.05, 0.1) is 5.02 Å². The van der Waals surface area contributed by atoms with Crippen LogP contribution in [0.5, 0.6) is 0 Å². The molecule has 0 saturated carbocycles. The highest BCUT2D eigenvalue weighted by Crippen LogP contribution is 2.34. The van der Waals surface area contributed by atoms with Crippen molar-refractivity contribution >= 4 is 34.1 Å². The second-order valence-electron chi connectivity index (χ2n) is 6.71. The molecule has 1 N–H and O–H groups in total. The summed E-state index contributed by atoms with van der Waals surface area (Å²) in [5, 5.41) is 5.07. The maximum atomic E-state index is 13.4. The quantitative estimate of drug-likeness (QED) is 0.552. The monoisotopic (exact) mass is 396 g/mol. The van der Waals surface area contributed by atoms with Gasteiger partial charge in [-0.1, -0.05) is 22.8 Å². The molecular weight excluding hydrogens is 383 g/mol. The highest BCUT2D eigenvalue weighted by molar-refractivity contribution is 6.31. The fourth-order valence-corrected chi connectivity index (χ4v) is 3.74. The number of carbonyl (C=O) groups excluding carboxylic acids is 1. The molecule has 1 atom stereocenters. The van der Waals surface area contributed by atoms with Crippen molar-refractivity contribution in [1.82, 2.24) is 15.1 Å². The van der Waals surface area contributed by atoms with Crippen LogP contribution in [0.2, 0.25) is 5.02 Å². The molecule has 0 spiro atoms. The number of amides is 1. The van der Waals surface area contributed by atoms with Gasteiger partial charge < -0.3 is 14.4 Å². The Kier molecular flexibility index (Phi) is 3.91. The van der Waals surface area contributed by atoms with Crippen molar-refractivity contribution in [2.45, 2.75) is 12.3 Å². The average Bonchev–Trinajstić information content (AvgIpc) is 3.42. The lowest BCUT2D eigenvalue weighted by Crippen LogP contribution is -2.24. The van der Waals surface area contributed by atoms with Gasteiger partial charge in [-0.25, -0.2) is 4.39 Å². The average molecular weight is 397 g/mol. The zero-order chi connectivity index (χ0) is 19.3. The van der Waals surface area contributed by atoms with Crippen molar-refractivity contribution in [3.05, 3.63) is 65.3 Å². The molecule has 2 aromatic heterocycles. The number of carbonyl (C=O) groups is 1. The van der Waals surface area contributed by atoms with Crippen molar-refractivity contribution in [2.75, 3.05) is 11.4 Å². The fraction of sp³-hybridized carbons (Fsp3) is 0.150. The number of aromatic amines is 1. The minimum atomic E-state index is -0.518. The molecule has 1 aliphatic rings. The lowest BCUT2D eigenvalue weighted by atomic mass is 10.1. The fourth-order valence-electron chi connectivity index (χ4n) is 3.56. The van der Waals surface area contributed by atoms with Gasteiger partial charge in [-0.3, -0.25) is 4.79 Å². The van der Waals surface area contributed by atoms with Gasteiger partial charge in [0, 0.05) is 47.2 Å². The predicted molar refractivity (Wildman–Crippen MR) is 103 cm³/mol. The van der Waals surface area contributed by atoms with Gasteiger partial charge in [0.1, 0.15) is 5.82 Å². The molecule has 3 heterocycles. The molecule has 5 rings (SSSR count). The molecule has 1 amide bonds. The van der Waals surface area contributed by atoms with Crippen LogP contribution in [-0.4, -0.2) is 27.6 Å². The number of hydrogen-bond acceptors (Lipinski definition) is 4. The molecule has 0 bridgehead atoms. The summed E-state index contributed by atoms with van der Waals surface area (Å²) in [6, 6.07) is 12.0. The number of H-pyrrole nitrogens is 1. The Morgan fingerprint density at radius 3 is 3.00 bits per heavy atom. The van der Waals surface area contributed by atoms with E-state index in [0.29, 0.717) is 23.9 Å². The van der Waals surface area contributed by atoms with Gasteiger partial charge in [0.15, 0.2) is 5.82 Å². The minimum Gasteiger partial charge on any atom is -0.361 e. The van der Waals surface area contributed by atoms with Crippen LogP contribution < -0.4 is 4.90 Å². The molecule has 8 heteroatoms.